The number of hydrogen-bond acceptors (Lipinski definition) is 5. The van der Waals surface area contributed by atoms with Crippen LogP contribution in [0.15, 0.2) is 21.9 Å². The van der Waals surface area contributed by atoms with Crippen molar-refractivity contribution >= 4 is 17.3 Å². The lowest BCUT2D eigenvalue weighted by atomic mass is 10.4. The van der Waals surface area contributed by atoms with Gasteiger partial charge in [0.15, 0.2) is 0 Å². The van der Waals surface area contributed by atoms with Crippen LogP contribution in [0.2, 0.25) is 0 Å². The van der Waals surface area contributed by atoms with Crippen LogP contribution in [0, 0.1) is 6.92 Å². The first-order valence-corrected chi connectivity index (χ1v) is 6.34. The third-order valence-electron chi connectivity index (χ3n) is 2.39. The highest BCUT2D eigenvalue weighted by Crippen LogP contribution is 2.14. The van der Waals surface area contributed by atoms with Gasteiger partial charge in [-0.2, -0.15) is 0 Å². The molecule has 0 unspecified atom stereocenters. The van der Waals surface area contributed by atoms with Gasteiger partial charge in [0.25, 0.3) is 0 Å². The highest BCUT2D eigenvalue weighted by molar-refractivity contribution is 7.11. The van der Waals surface area contributed by atoms with Crippen molar-refractivity contribution in [3.63, 3.8) is 0 Å². The van der Waals surface area contributed by atoms with Crippen LogP contribution in [0.4, 0.5) is 0 Å². The predicted molar refractivity (Wildman–Crippen MR) is 67.7 cm³/mol. The van der Waals surface area contributed by atoms with Crippen molar-refractivity contribution in [3.8, 4) is 0 Å². The van der Waals surface area contributed by atoms with Crippen LogP contribution in [0.5, 0.6) is 0 Å². The van der Waals surface area contributed by atoms with Crippen molar-refractivity contribution < 1.29 is 14.3 Å². The molecule has 0 aliphatic carbocycles. The van der Waals surface area contributed by atoms with E-state index >= 15 is 0 Å². The maximum absolute atomic E-state index is 10.7. The smallest absolute Gasteiger partial charge is 0.365 e. The number of aromatic nitrogens is 1. The molecule has 0 saturated heterocycles. The van der Waals surface area contributed by atoms with Gasteiger partial charge in [0.1, 0.15) is 11.5 Å². The first-order chi connectivity index (χ1) is 8.54. The number of aromatic carboxylic acids is 1. The van der Waals surface area contributed by atoms with Gasteiger partial charge in [-0.05, 0) is 26.1 Å². The molecule has 0 aliphatic rings. The van der Waals surface area contributed by atoms with Crippen LogP contribution in [-0.2, 0) is 13.1 Å². The van der Waals surface area contributed by atoms with Crippen LogP contribution in [0.3, 0.4) is 0 Å². The third kappa shape index (κ3) is 3.18. The molecule has 2 aromatic rings. The summed E-state index contributed by atoms with van der Waals surface area (Å²) in [5, 5.41) is 10.7. The topological polar surface area (TPSA) is 66.6 Å². The van der Waals surface area contributed by atoms with Crippen molar-refractivity contribution in [2.45, 2.75) is 20.0 Å². The van der Waals surface area contributed by atoms with Crippen molar-refractivity contribution in [1.29, 1.82) is 0 Å². The Hall–Kier alpha value is -1.66. The normalized spacial score (nSPS) is 11.1. The standard InChI is InChI=1S/C12H14N2O3S/c1-8-3-4-10(17-8)6-14(2)5-9-7-18-11(13-9)12(15)16/h3-4,7H,5-6H2,1-2H3,(H,15,16). The molecule has 0 bridgehead atoms. The lowest BCUT2D eigenvalue weighted by molar-refractivity contribution is 0.0696. The monoisotopic (exact) mass is 266 g/mol. The van der Waals surface area contributed by atoms with Crippen LogP contribution in [-0.4, -0.2) is 28.0 Å². The van der Waals surface area contributed by atoms with E-state index in [4.69, 9.17) is 9.52 Å². The lowest BCUT2D eigenvalue weighted by Gasteiger charge is -2.13. The number of nitrogens with zero attached hydrogens (tertiary/aromatic N) is 2. The van der Waals surface area contributed by atoms with Crippen LogP contribution >= 0.6 is 11.3 Å². The Morgan fingerprint density at radius 3 is 2.83 bits per heavy atom. The van der Waals surface area contributed by atoms with Gasteiger partial charge in [-0.15, -0.1) is 11.3 Å². The molecule has 96 valence electrons. The van der Waals surface area contributed by atoms with Gasteiger partial charge in [-0.1, -0.05) is 0 Å². The van der Waals surface area contributed by atoms with E-state index in [0.717, 1.165) is 28.6 Å². The number of furan rings is 1. The van der Waals surface area contributed by atoms with E-state index in [2.05, 4.69) is 4.98 Å². The Labute approximate surface area is 109 Å². The molecular formula is C12H14N2O3S. The third-order valence-corrected chi connectivity index (χ3v) is 3.27. The molecule has 0 spiro atoms. The zero-order valence-electron chi connectivity index (χ0n) is 10.2. The molecule has 0 fully saturated rings. The fraction of sp³-hybridized carbons (Fsp3) is 0.333. The summed E-state index contributed by atoms with van der Waals surface area (Å²) < 4.78 is 5.48. The van der Waals surface area contributed by atoms with Crippen molar-refractivity contribution in [2.24, 2.45) is 0 Å². The fourth-order valence-electron chi connectivity index (χ4n) is 1.65. The summed E-state index contributed by atoms with van der Waals surface area (Å²) in [6.45, 7) is 3.18. The van der Waals surface area contributed by atoms with E-state index < -0.39 is 5.97 Å². The number of rotatable bonds is 5. The van der Waals surface area contributed by atoms with Gasteiger partial charge in [0.05, 0.1) is 12.2 Å². The number of hydrogen-bond donors (Lipinski definition) is 1. The molecule has 0 aliphatic heterocycles. The quantitative estimate of drug-likeness (QED) is 0.900. The molecule has 2 heterocycles. The van der Waals surface area contributed by atoms with E-state index in [1.54, 1.807) is 5.38 Å². The second-order valence-corrected chi connectivity index (χ2v) is 4.99. The molecule has 0 saturated carbocycles. The van der Waals surface area contributed by atoms with E-state index in [1.165, 1.54) is 0 Å². The summed E-state index contributed by atoms with van der Waals surface area (Å²) in [4.78, 5) is 16.8. The minimum absolute atomic E-state index is 0.132. The van der Waals surface area contributed by atoms with E-state index in [1.807, 2.05) is 31.0 Å². The zero-order valence-corrected chi connectivity index (χ0v) is 11.0. The number of carbonyl (C=O) groups is 1. The number of carboxylic acid groups (broad SMARTS) is 1. The molecule has 18 heavy (non-hydrogen) atoms. The minimum atomic E-state index is -0.976. The maximum atomic E-state index is 10.7. The molecule has 0 aromatic carbocycles. The molecular weight excluding hydrogens is 252 g/mol. The number of thiazole rings is 1. The molecule has 0 radical (unpaired) electrons. The van der Waals surface area contributed by atoms with Crippen molar-refractivity contribution in [2.75, 3.05) is 7.05 Å². The zero-order chi connectivity index (χ0) is 13.1. The van der Waals surface area contributed by atoms with E-state index in [0.29, 0.717) is 13.1 Å². The van der Waals surface area contributed by atoms with Gasteiger partial charge in [0, 0.05) is 11.9 Å². The van der Waals surface area contributed by atoms with Crippen LogP contribution in [0.1, 0.15) is 27.0 Å². The summed E-state index contributed by atoms with van der Waals surface area (Å²) in [6, 6.07) is 3.87. The van der Waals surface area contributed by atoms with Crippen LogP contribution in [0.25, 0.3) is 0 Å². The summed E-state index contributed by atoms with van der Waals surface area (Å²) in [5.41, 5.74) is 0.767. The van der Waals surface area contributed by atoms with E-state index in [-0.39, 0.29) is 5.01 Å². The molecule has 6 heteroatoms. The number of carboxylic acids is 1. The van der Waals surface area contributed by atoms with Gasteiger partial charge >= 0.3 is 5.97 Å². The average molecular weight is 266 g/mol. The lowest BCUT2D eigenvalue weighted by Crippen LogP contribution is -2.17. The van der Waals surface area contributed by atoms with Gasteiger partial charge in [-0.3, -0.25) is 4.90 Å². The average Bonchev–Trinajstić information content (AvgIpc) is 2.88. The van der Waals surface area contributed by atoms with Gasteiger partial charge < -0.3 is 9.52 Å². The Kier molecular flexibility index (Phi) is 3.78. The predicted octanol–water partition coefficient (Wildman–Crippen LogP) is 2.37. The molecule has 5 nitrogen and oxygen atoms in total. The van der Waals surface area contributed by atoms with Crippen molar-refractivity contribution in [3.05, 3.63) is 39.7 Å². The fourth-order valence-corrected chi connectivity index (χ4v) is 2.29. The Morgan fingerprint density at radius 1 is 1.50 bits per heavy atom. The second-order valence-electron chi connectivity index (χ2n) is 4.13. The maximum Gasteiger partial charge on any atom is 0.365 e. The minimum Gasteiger partial charge on any atom is -0.476 e. The SMILES string of the molecule is Cc1ccc(CN(C)Cc2csc(C(=O)O)n2)o1. The second kappa shape index (κ2) is 5.32. The molecule has 0 amide bonds. The summed E-state index contributed by atoms with van der Waals surface area (Å²) in [6.07, 6.45) is 0. The van der Waals surface area contributed by atoms with Gasteiger partial charge in [-0.25, -0.2) is 9.78 Å². The molecule has 1 N–H and O–H groups in total. The molecule has 2 aromatic heterocycles. The summed E-state index contributed by atoms with van der Waals surface area (Å²) >= 11 is 1.15. The summed E-state index contributed by atoms with van der Waals surface area (Å²) in [5.74, 6) is 0.805. The highest BCUT2D eigenvalue weighted by Gasteiger charge is 2.11. The van der Waals surface area contributed by atoms with Gasteiger partial charge in [0.2, 0.25) is 5.01 Å². The first kappa shape index (κ1) is 12.8. The number of aryl methyl sites for hydroxylation is 1. The molecule has 2 rings (SSSR count). The Balaban J connectivity index is 1.94. The van der Waals surface area contributed by atoms with Crippen molar-refractivity contribution in [1.82, 2.24) is 9.88 Å². The molecule has 0 atom stereocenters. The summed E-state index contributed by atoms with van der Waals surface area (Å²) in [7, 11) is 1.94. The largest absolute Gasteiger partial charge is 0.476 e. The highest BCUT2D eigenvalue weighted by atomic mass is 32.1. The first-order valence-electron chi connectivity index (χ1n) is 5.46. The Morgan fingerprint density at radius 2 is 2.28 bits per heavy atom. The van der Waals surface area contributed by atoms with E-state index in [9.17, 15) is 4.79 Å². The Bertz CT molecular complexity index is 547. The van der Waals surface area contributed by atoms with Crippen LogP contribution < -0.4 is 0 Å².